The van der Waals surface area contributed by atoms with Gasteiger partial charge in [0.25, 0.3) is 0 Å². The number of amides is 1. The summed E-state index contributed by atoms with van der Waals surface area (Å²) in [5.41, 5.74) is 0.589. The molecule has 3 nitrogen and oxygen atoms in total. The predicted molar refractivity (Wildman–Crippen MR) is 61.6 cm³/mol. The van der Waals surface area contributed by atoms with Crippen LogP contribution in [0.4, 0.5) is 0 Å². The quantitative estimate of drug-likeness (QED) is 0.478. The Morgan fingerprint density at radius 2 is 1.80 bits per heavy atom. The van der Waals surface area contributed by atoms with Gasteiger partial charge in [-0.05, 0) is 0 Å². The molecule has 0 aliphatic carbocycles. The van der Waals surface area contributed by atoms with Crippen molar-refractivity contribution in [3.8, 4) is 6.19 Å². The fourth-order valence-corrected chi connectivity index (χ4v) is 4.17. The first-order chi connectivity index (χ1) is 6.96. The summed E-state index contributed by atoms with van der Waals surface area (Å²) in [6.07, 6.45) is 2.02. The maximum absolute atomic E-state index is 12.0. The summed E-state index contributed by atoms with van der Waals surface area (Å²) in [4.78, 5) is 18.1. The molecule has 0 unspecified atom stereocenters. The van der Waals surface area contributed by atoms with Crippen molar-refractivity contribution in [3.05, 3.63) is 35.9 Å². The average Bonchev–Trinajstić information content (AvgIpc) is 2.18. The maximum atomic E-state index is 12.0. The monoisotopic (exact) mass is 310 g/mol. The molecule has 15 heavy (non-hydrogen) atoms. The van der Waals surface area contributed by atoms with Gasteiger partial charge in [0.1, 0.15) is 0 Å². The molecule has 0 aliphatic rings. The van der Waals surface area contributed by atoms with Crippen LogP contribution in [0, 0.1) is 11.5 Å². The van der Waals surface area contributed by atoms with Gasteiger partial charge in [-0.15, -0.1) is 0 Å². The Balaban J connectivity index is 3.00. The molecule has 0 radical (unpaired) electrons. The molecule has 0 heterocycles. The molecule has 1 aromatic carbocycles. The third kappa shape index (κ3) is 2.96. The first kappa shape index (κ1) is 12.1. The van der Waals surface area contributed by atoms with E-state index in [2.05, 4.69) is 0 Å². The van der Waals surface area contributed by atoms with Crippen LogP contribution in [0.15, 0.2) is 30.3 Å². The summed E-state index contributed by atoms with van der Waals surface area (Å²) in [6, 6.07) is 8.95. The van der Waals surface area contributed by atoms with Gasteiger partial charge in [-0.3, -0.25) is 0 Å². The van der Waals surface area contributed by atoms with Gasteiger partial charge in [0.05, 0.1) is 0 Å². The van der Waals surface area contributed by atoms with E-state index in [-0.39, 0.29) is 5.91 Å². The molecule has 0 fully saturated rings. The molecule has 0 spiro atoms. The van der Waals surface area contributed by atoms with Crippen LogP contribution < -0.4 is 0 Å². The molecule has 4 heteroatoms. The number of nitrogens with zero attached hydrogens (tertiary/aromatic N) is 2. The molecule has 1 aromatic rings. The van der Waals surface area contributed by atoms with Gasteiger partial charge in [-0.2, -0.15) is 0 Å². The van der Waals surface area contributed by atoms with Gasteiger partial charge in [-0.1, -0.05) is 0 Å². The van der Waals surface area contributed by atoms with Crippen molar-refractivity contribution in [2.24, 2.45) is 0 Å². The Labute approximate surface area is 94.5 Å². The van der Waals surface area contributed by atoms with E-state index in [0.717, 1.165) is 0 Å². The molecule has 1 amide bonds. The first-order valence-corrected chi connectivity index (χ1v) is 14.6. The van der Waals surface area contributed by atoms with Crippen LogP contribution in [0.5, 0.6) is 0 Å². The SMILES string of the molecule is [CH3][Sn]([CH3])([CH3])[N](C#N)C(=O)c1ccccc1. The number of hydrogen-bond acceptors (Lipinski definition) is 2. The predicted octanol–water partition coefficient (Wildman–Crippen LogP) is 2.44. The minimum absolute atomic E-state index is 0.165. The summed E-state index contributed by atoms with van der Waals surface area (Å²) in [7, 11) is 0. The van der Waals surface area contributed by atoms with Crippen LogP contribution >= 0.6 is 0 Å². The summed E-state index contributed by atoms with van der Waals surface area (Å²) in [5, 5.41) is 9.00. The van der Waals surface area contributed by atoms with E-state index in [4.69, 9.17) is 5.26 Å². The molecule has 1 rings (SSSR count). The molecular weight excluding hydrogens is 295 g/mol. The third-order valence-corrected chi connectivity index (χ3v) is 6.69. The molecule has 0 aromatic heterocycles. The molecule has 78 valence electrons. The zero-order valence-electron chi connectivity index (χ0n) is 9.19. The van der Waals surface area contributed by atoms with E-state index in [1.165, 1.54) is 3.12 Å². The molecule has 0 saturated carbocycles. The van der Waals surface area contributed by atoms with E-state index >= 15 is 0 Å². The van der Waals surface area contributed by atoms with Crippen molar-refractivity contribution in [2.75, 3.05) is 0 Å². The standard InChI is InChI=1S/C8H6N2O.3CH3.Sn/c9-6-10-8(11)7-4-2-1-3-5-7;;;;/h1-5H,(H,10,11);3*1H3;/q;;;;+1/p-1. The van der Waals surface area contributed by atoms with Gasteiger partial charge in [0, 0.05) is 0 Å². The molecule has 0 saturated heterocycles. The minimum atomic E-state index is -2.64. The Hall–Kier alpha value is -1.02. The molecular formula is C11H14N2OSn. The van der Waals surface area contributed by atoms with Crippen molar-refractivity contribution >= 4 is 24.6 Å². The zero-order chi connectivity index (χ0) is 11.5. The van der Waals surface area contributed by atoms with E-state index in [1.807, 2.05) is 27.1 Å². The van der Waals surface area contributed by atoms with Crippen molar-refractivity contribution in [1.82, 2.24) is 3.12 Å². The van der Waals surface area contributed by atoms with E-state index in [1.54, 1.807) is 24.3 Å². The second-order valence-electron chi connectivity index (χ2n) is 4.28. The van der Waals surface area contributed by atoms with Crippen LogP contribution in [0.1, 0.15) is 10.4 Å². The summed E-state index contributed by atoms with van der Waals surface area (Å²) >= 11 is -2.64. The van der Waals surface area contributed by atoms with Gasteiger partial charge < -0.3 is 0 Å². The van der Waals surface area contributed by atoms with Gasteiger partial charge in [0.2, 0.25) is 0 Å². The topological polar surface area (TPSA) is 44.1 Å². The van der Waals surface area contributed by atoms with E-state index in [0.29, 0.717) is 5.56 Å². The number of carbonyl (C=O) groups is 1. The fraction of sp³-hybridized carbons (Fsp3) is 0.273. The molecule has 0 aliphatic heterocycles. The summed E-state index contributed by atoms with van der Waals surface area (Å²) in [6.45, 7) is 0. The average molecular weight is 309 g/mol. The second kappa shape index (κ2) is 4.67. The number of carbonyl (C=O) groups excluding carboxylic acids is 1. The number of rotatable bonds is 2. The summed E-state index contributed by atoms with van der Waals surface area (Å²) < 4.78 is 1.39. The van der Waals surface area contributed by atoms with Crippen LogP contribution in [0.3, 0.4) is 0 Å². The van der Waals surface area contributed by atoms with E-state index < -0.39 is 18.7 Å². The van der Waals surface area contributed by atoms with E-state index in [9.17, 15) is 4.79 Å². The van der Waals surface area contributed by atoms with Crippen molar-refractivity contribution in [3.63, 3.8) is 0 Å². The fourth-order valence-electron chi connectivity index (χ4n) is 1.21. The van der Waals surface area contributed by atoms with Crippen molar-refractivity contribution in [1.29, 1.82) is 5.26 Å². The third-order valence-electron chi connectivity index (χ3n) is 1.99. The number of hydrogen-bond donors (Lipinski definition) is 0. The normalized spacial score (nSPS) is 10.5. The first-order valence-electron chi connectivity index (χ1n) is 4.76. The Bertz CT molecular complexity index is 389. The Kier molecular flexibility index (Phi) is 3.75. The Morgan fingerprint density at radius 1 is 1.27 bits per heavy atom. The molecule has 0 atom stereocenters. The van der Waals surface area contributed by atoms with Crippen LogP contribution in [0.2, 0.25) is 14.8 Å². The van der Waals surface area contributed by atoms with Crippen molar-refractivity contribution < 1.29 is 4.79 Å². The number of benzene rings is 1. The van der Waals surface area contributed by atoms with Crippen LogP contribution in [-0.2, 0) is 0 Å². The van der Waals surface area contributed by atoms with Crippen LogP contribution in [-0.4, -0.2) is 27.7 Å². The van der Waals surface area contributed by atoms with Crippen LogP contribution in [0.25, 0.3) is 0 Å². The Morgan fingerprint density at radius 3 is 2.20 bits per heavy atom. The summed E-state index contributed by atoms with van der Waals surface area (Å²) in [5.74, 6) is -0.165. The molecule has 0 N–H and O–H groups in total. The number of nitriles is 1. The van der Waals surface area contributed by atoms with Crippen molar-refractivity contribution in [2.45, 2.75) is 14.8 Å². The molecule has 0 bridgehead atoms. The van der Waals surface area contributed by atoms with Gasteiger partial charge in [0.15, 0.2) is 0 Å². The zero-order valence-corrected chi connectivity index (χ0v) is 12.0. The van der Waals surface area contributed by atoms with Gasteiger partial charge >= 0.3 is 94.6 Å². The second-order valence-corrected chi connectivity index (χ2v) is 17.9. The van der Waals surface area contributed by atoms with Gasteiger partial charge in [-0.25, -0.2) is 0 Å².